The van der Waals surface area contributed by atoms with Crippen molar-refractivity contribution in [3.05, 3.63) is 34.9 Å². The molecule has 0 radical (unpaired) electrons. The summed E-state index contributed by atoms with van der Waals surface area (Å²) >= 11 is 0. The van der Waals surface area contributed by atoms with Crippen molar-refractivity contribution in [1.82, 2.24) is 5.32 Å². The molecule has 0 saturated heterocycles. The van der Waals surface area contributed by atoms with Gasteiger partial charge in [-0.15, -0.1) is 0 Å². The number of hydrogen-bond acceptors (Lipinski definition) is 1. The Balaban J connectivity index is 2.32. The first-order valence-electron chi connectivity index (χ1n) is 5.97. The molecule has 0 spiro atoms. The highest BCUT2D eigenvalue weighted by atomic mass is 14.9. The number of hydrogen-bond donors (Lipinski definition) is 1. The van der Waals surface area contributed by atoms with Gasteiger partial charge in [-0.25, -0.2) is 0 Å². The number of benzene rings is 1. The highest BCUT2D eigenvalue weighted by Gasteiger charge is 2.28. The molecule has 0 heterocycles. The predicted octanol–water partition coefficient (Wildman–Crippen LogP) is 3.16. The highest BCUT2D eigenvalue weighted by Crippen LogP contribution is 2.36. The van der Waals surface area contributed by atoms with Gasteiger partial charge in [0.15, 0.2) is 0 Å². The van der Waals surface area contributed by atoms with Gasteiger partial charge in [0.25, 0.3) is 0 Å². The maximum absolute atomic E-state index is 3.46. The molecule has 0 bridgehead atoms. The van der Waals surface area contributed by atoms with Crippen LogP contribution in [0.25, 0.3) is 0 Å². The third-order valence-corrected chi connectivity index (χ3v) is 3.93. The maximum atomic E-state index is 3.46. The molecule has 2 unspecified atom stereocenters. The fourth-order valence-electron chi connectivity index (χ4n) is 2.85. The van der Waals surface area contributed by atoms with E-state index in [9.17, 15) is 0 Å². The summed E-state index contributed by atoms with van der Waals surface area (Å²) in [6.45, 7) is 4.47. The lowest BCUT2D eigenvalue weighted by Crippen LogP contribution is -2.27. The molecule has 1 fully saturated rings. The summed E-state index contributed by atoms with van der Waals surface area (Å²) in [4.78, 5) is 0. The largest absolute Gasteiger partial charge is 0.316 e. The summed E-state index contributed by atoms with van der Waals surface area (Å²) < 4.78 is 0. The first-order chi connectivity index (χ1) is 7.24. The number of aryl methyl sites for hydroxylation is 1. The first-order valence-corrected chi connectivity index (χ1v) is 5.97. The van der Waals surface area contributed by atoms with Crippen molar-refractivity contribution in [2.75, 3.05) is 7.05 Å². The zero-order valence-electron chi connectivity index (χ0n) is 10.0. The van der Waals surface area contributed by atoms with Crippen LogP contribution in [-0.2, 0) is 0 Å². The molecule has 1 heteroatoms. The molecule has 1 nitrogen and oxygen atoms in total. The third kappa shape index (κ3) is 1.93. The summed E-state index contributed by atoms with van der Waals surface area (Å²) in [5.74, 6) is 0.731. The van der Waals surface area contributed by atoms with Crippen molar-refractivity contribution in [3.8, 4) is 0 Å². The van der Waals surface area contributed by atoms with Gasteiger partial charge in [-0.05, 0) is 56.3 Å². The minimum absolute atomic E-state index is 0.686. The van der Waals surface area contributed by atoms with Gasteiger partial charge >= 0.3 is 0 Å². The number of nitrogens with one attached hydrogen (secondary N) is 1. The van der Waals surface area contributed by atoms with Crippen molar-refractivity contribution in [1.29, 1.82) is 0 Å². The molecular formula is C14H21N. The SMILES string of the molecule is CNC1CCCC1c1cccc(C)c1C. The lowest BCUT2D eigenvalue weighted by Gasteiger charge is -2.22. The van der Waals surface area contributed by atoms with E-state index in [2.05, 4.69) is 44.4 Å². The number of likely N-dealkylation sites (N-methyl/N-ethyl adjacent to an activating group) is 1. The van der Waals surface area contributed by atoms with Crippen LogP contribution < -0.4 is 5.32 Å². The zero-order chi connectivity index (χ0) is 10.8. The molecule has 0 aliphatic heterocycles. The van der Waals surface area contributed by atoms with Gasteiger partial charge in [0, 0.05) is 6.04 Å². The Hall–Kier alpha value is -0.820. The van der Waals surface area contributed by atoms with Gasteiger partial charge in [0.1, 0.15) is 0 Å². The van der Waals surface area contributed by atoms with Gasteiger partial charge in [0.2, 0.25) is 0 Å². The molecule has 1 aliphatic rings. The van der Waals surface area contributed by atoms with Gasteiger partial charge in [-0.2, -0.15) is 0 Å². The average Bonchev–Trinajstić information content (AvgIpc) is 2.70. The van der Waals surface area contributed by atoms with E-state index in [1.807, 2.05) is 0 Å². The molecule has 2 rings (SSSR count). The lowest BCUT2D eigenvalue weighted by atomic mass is 9.89. The van der Waals surface area contributed by atoms with Crippen LogP contribution in [-0.4, -0.2) is 13.1 Å². The fraction of sp³-hybridized carbons (Fsp3) is 0.571. The van der Waals surface area contributed by atoms with E-state index >= 15 is 0 Å². The van der Waals surface area contributed by atoms with Crippen LogP contribution in [0, 0.1) is 13.8 Å². The summed E-state index contributed by atoms with van der Waals surface area (Å²) in [6, 6.07) is 7.40. The minimum atomic E-state index is 0.686. The van der Waals surface area contributed by atoms with E-state index in [-0.39, 0.29) is 0 Å². The number of rotatable bonds is 2. The fourth-order valence-corrected chi connectivity index (χ4v) is 2.85. The first kappa shape index (κ1) is 10.7. The van der Waals surface area contributed by atoms with Crippen molar-refractivity contribution < 1.29 is 0 Å². The molecule has 15 heavy (non-hydrogen) atoms. The van der Waals surface area contributed by atoms with E-state index in [0.29, 0.717) is 6.04 Å². The minimum Gasteiger partial charge on any atom is -0.316 e. The van der Waals surface area contributed by atoms with Crippen LogP contribution in [0.3, 0.4) is 0 Å². The maximum Gasteiger partial charge on any atom is 0.0133 e. The Morgan fingerprint density at radius 1 is 1.20 bits per heavy atom. The Morgan fingerprint density at radius 2 is 2.00 bits per heavy atom. The van der Waals surface area contributed by atoms with Crippen LogP contribution >= 0.6 is 0 Å². The van der Waals surface area contributed by atoms with E-state index in [4.69, 9.17) is 0 Å². The molecule has 1 saturated carbocycles. The van der Waals surface area contributed by atoms with E-state index in [1.165, 1.54) is 30.4 Å². The monoisotopic (exact) mass is 203 g/mol. The van der Waals surface area contributed by atoms with E-state index < -0.39 is 0 Å². The van der Waals surface area contributed by atoms with Crippen molar-refractivity contribution in [2.45, 2.75) is 45.1 Å². The van der Waals surface area contributed by atoms with Crippen LogP contribution in [0.15, 0.2) is 18.2 Å². The smallest absolute Gasteiger partial charge is 0.0133 e. The second kappa shape index (κ2) is 4.36. The van der Waals surface area contributed by atoms with Gasteiger partial charge < -0.3 is 5.32 Å². The van der Waals surface area contributed by atoms with Crippen molar-refractivity contribution in [2.24, 2.45) is 0 Å². The quantitative estimate of drug-likeness (QED) is 0.778. The standard InChI is InChI=1S/C14H21N/c1-10-6-4-7-12(11(10)2)13-8-5-9-14(13)15-3/h4,6-7,13-15H,5,8-9H2,1-3H3. The van der Waals surface area contributed by atoms with Crippen LogP contribution in [0.4, 0.5) is 0 Å². The molecule has 82 valence electrons. The molecule has 0 amide bonds. The van der Waals surface area contributed by atoms with Crippen LogP contribution in [0.2, 0.25) is 0 Å². The Kier molecular flexibility index (Phi) is 3.11. The second-order valence-corrected chi connectivity index (χ2v) is 4.72. The zero-order valence-corrected chi connectivity index (χ0v) is 10.0. The normalized spacial score (nSPS) is 25.8. The molecule has 0 aromatic heterocycles. The lowest BCUT2D eigenvalue weighted by molar-refractivity contribution is 0.520. The van der Waals surface area contributed by atoms with Gasteiger partial charge in [-0.3, -0.25) is 0 Å². The molecule has 1 aromatic carbocycles. The summed E-state index contributed by atoms with van der Waals surface area (Å²) in [7, 11) is 2.09. The Labute approximate surface area is 92.9 Å². The average molecular weight is 203 g/mol. The summed E-state index contributed by atoms with van der Waals surface area (Å²) in [5, 5.41) is 3.46. The van der Waals surface area contributed by atoms with Crippen molar-refractivity contribution >= 4 is 0 Å². The molecule has 1 N–H and O–H groups in total. The molecule has 2 atom stereocenters. The Morgan fingerprint density at radius 3 is 2.73 bits per heavy atom. The molecule has 1 aromatic rings. The van der Waals surface area contributed by atoms with Gasteiger partial charge in [0.05, 0.1) is 0 Å². The summed E-state index contributed by atoms with van der Waals surface area (Å²) in [6.07, 6.45) is 4.04. The topological polar surface area (TPSA) is 12.0 Å². The Bertz CT molecular complexity index is 343. The highest BCUT2D eigenvalue weighted by molar-refractivity contribution is 5.37. The second-order valence-electron chi connectivity index (χ2n) is 4.72. The predicted molar refractivity (Wildman–Crippen MR) is 65.4 cm³/mol. The van der Waals surface area contributed by atoms with E-state index in [0.717, 1.165) is 5.92 Å². The van der Waals surface area contributed by atoms with Crippen molar-refractivity contribution in [3.63, 3.8) is 0 Å². The molecular weight excluding hydrogens is 182 g/mol. The third-order valence-electron chi connectivity index (χ3n) is 3.93. The van der Waals surface area contributed by atoms with E-state index in [1.54, 1.807) is 5.56 Å². The molecule has 1 aliphatic carbocycles. The summed E-state index contributed by atoms with van der Waals surface area (Å²) in [5.41, 5.74) is 4.48. The van der Waals surface area contributed by atoms with Crippen LogP contribution in [0.5, 0.6) is 0 Å². The van der Waals surface area contributed by atoms with Gasteiger partial charge in [-0.1, -0.05) is 24.6 Å². The van der Waals surface area contributed by atoms with Crippen LogP contribution in [0.1, 0.15) is 41.9 Å².